The molecule has 1 saturated carbocycles. The molecule has 16 heavy (non-hydrogen) atoms. The molecule has 0 amide bonds. The highest BCUT2D eigenvalue weighted by molar-refractivity contribution is 4.85. The lowest BCUT2D eigenvalue weighted by atomic mass is 9.88. The van der Waals surface area contributed by atoms with Gasteiger partial charge in [-0.2, -0.15) is 0 Å². The van der Waals surface area contributed by atoms with Gasteiger partial charge in [0.2, 0.25) is 0 Å². The van der Waals surface area contributed by atoms with Crippen LogP contribution in [0.15, 0.2) is 0 Å². The van der Waals surface area contributed by atoms with Gasteiger partial charge < -0.3 is 10.1 Å². The van der Waals surface area contributed by atoms with Crippen molar-refractivity contribution < 1.29 is 4.74 Å². The topological polar surface area (TPSA) is 21.3 Å². The van der Waals surface area contributed by atoms with E-state index >= 15 is 0 Å². The van der Waals surface area contributed by atoms with Crippen LogP contribution in [0.3, 0.4) is 0 Å². The first-order valence-corrected chi connectivity index (χ1v) is 7.03. The Kier molecular flexibility index (Phi) is 4.26. The predicted octanol–water partition coefficient (Wildman–Crippen LogP) is 2.97. The van der Waals surface area contributed by atoms with Crippen molar-refractivity contribution >= 4 is 0 Å². The van der Waals surface area contributed by atoms with Crippen molar-refractivity contribution in [2.24, 2.45) is 11.3 Å². The van der Waals surface area contributed by atoms with Crippen molar-refractivity contribution in [1.29, 1.82) is 0 Å². The summed E-state index contributed by atoms with van der Waals surface area (Å²) in [6.07, 6.45) is 8.45. The molecule has 2 rings (SSSR count). The van der Waals surface area contributed by atoms with Crippen LogP contribution in [0, 0.1) is 11.3 Å². The molecule has 0 aromatic rings. The first kappa shape index (κ1) is 12.4. The predicted molar refractivity (Wildman–Crippen MR) is 67.6 cm³/mol. The minimum Gasteiger partial charge on any atom is -0.380 e. The lowest BCUT2D eigenvalue weighted by Crippen LogP contribution is -2.49. The summed E-state index contributed by atoms with van der Waals surface area (Å²) < 4.78 is 5.30. The van der Waals surface area contributed by atoms with Crippen molar-refractivity contribution in [2.75, 3.05) is 19.8 Å². The van der Waals surface area contributed by atoms with E-state index in [1.54, 1.807) is 0 Å². The second-order valence-corrected chi connectivity index (χ2v) is 6.16. The molecule has 0 aromatic carbocycles. The van der Waals surface area contributed by atoms with Crippen LogP contribution in [0.2, 0.25) is 0 Å². The van der Waals surface area contributed by atoms with Gasteiger partial charge in [0.25, 0.3) is 0 Å². The molecule has 2 atom stereocenters. The maximum Gasteiger partial charge on any atom is 0.0554 e. The Hall–Kier alpha value is -0.0800. The van der Waals surface area contributed by atoms with Crippen LogP contribution in [-0.2, 0) is 4.74 Å². The van der Waals surface area contributed by atoms with Crippen molar-refractivity contribution in [3.05, 3.63) is 0 Å². The summed E-state index contributed by atoms with van der Waals surface area (Å²) in [5.74, 6) is 0.995. The summed E-state index contributed by atoms with van der Waals surface area (Å²) in [5.41, 5.74) is 0.427. The first-order valence-electron chi connectivity index (χ1n) is 7.03. The summed E-state index contributed by atoms with van der Waals surface area (Å²) in [7, 11) is 0. The molecule has 0 bridgehead atoms. The molecule has 2 nitrogen and oxygen atoms in total. The second kappa shape index (κ2) is 5.50. The Labute approximate surface area is 100 Å². The Morgan fingerprint density at radius 1 is 1.19 bits per heavy atom. The molecule has 0 aromatic heterocycles. The molecule has 2 fully saturated rings. The van der Waals surface area contributed by atoms with Gasteiger partial charge in [-0.15, -0.1) is 0 Å². The zero-order valence-electron chi connectivity index (χ0n) is 10.9. The third-order valence-electron chi connectivity index (χ3n) is 4.38. The van der Waals surface area contributed by atoms with E-state index in [1.165, 1.54) is 38.5 Å². The van der Waals surface area contributed by atoms with Gasteiger partial charge >= 0.3 is 0 Å². The minimum absolute atomic E-state index is 0.427. The van der Waals surface area contributed by atoms with Gasteiger partial charge in [0.05, 0.1) is 13.2 Å². The summed E-state index contributed by atoms with van der Waals surface area (Å²) in [5, 5.41) is 3.77. The molecular weight excluding hydrogens is 198 g/mol. The fourth-order valence-corrected chi connectivity index (χ4v) is 2.93. The second-order valence-electron chi connectivity index (χ2n) is 6.16. The van der Waals surface area contributed by atoms with E-state index in [9.17, 15) is 0 Å². The highest BCUT2D eigenvalue weighted by atomic mass is 16.5. The zero-order valence-corrected chi connectivity index (χ0v) is 10.9. The van der Waals surface area contributed by atoms with Gasteiger partial charge in [-0.3, -0.25) is 0 Å². The van der Waals surface area contributed by atoms with Crippen molar-refractivity contribution in [3.63, 3.8) is 0 Å². The molecule has 2 aliphatic rings. The van der Waals surface area contributed by atoms with E-state index < -0.39 is 0 Å². The lowest BCUT2D eigenvalue weighted by molar-refractivity contribution is -0.100. The largest absolute Gasteiger partial charge is 0.380 e. The van der Waals surface area contributed by atoms with E-state index in [0.717, 1.165) is 31.7 Å². The van der Waals surface area contributed by atoms with E-state index in [4.69, 9.17) is 4.74 Å². The SMILES string of the molecule is CCC1CCCC(NCC2(C)COC2)CC1. The van der Waals surface area contributed by atoms with Crippen molar-refractivity contribution in [1.82, 2.24) is 5.32 Å². The van der Waals surface area contributed by atoms with Crippen LogP contribution in [-0.4, -0.2) is 25.8 Å². The molecule has 1 saturated heterocycles. The maximum atomic E-state index is 5.30. The summed E-state index contributed by atoms with van der Waals surface area (Å²) in [6, 6.07) is 0.772. The van der Waals surface area contributed by atoms with Crippen molar-refractivity contribution in [2.45, 2.75) is 58.4 Å². The number of hydrogen-bond donors (Lipinski definition) is 1. The van der Waals surface area contributed by atoms with E-state index in [-0.39, 0.29) is 0 Å². The number of rotatable bonds is 4. The Bertz CT molecular complexity index is 213. The van der Waals surface area contributed by atoms with Crippen LogP contribution in [0.1, 0.15) is 52.4 Å². The third kappa shape index (κ3) is 3.21. The highest BCUT2D eigenvalue weighted by Crippen LogP contribution is 2.28. The number of hydrogen-bond acceptors (Lipinski definition) is 2. The van der Waals surface area contributed by atoms with E-state index in [0.29, 0.717) is 5.41 Å². The smallest absolute Gasteiger partial charge is 0.0554 e. The standard InChI is InChI=1S/C14H27NO/c1-3-12-5-4-6-13(8-7-12)15-9-14(2)10-16-11-14/h12-13,15H,3-11H2,1-2H3. The average Bonchev–Trinajstić information content (AvgIpc) is 2.48. The van der Waals surface area contributed by atoms with E-state index in [2.05, 4.69) is 19.2 Å². The van der Waals surface area contributed by atoms with Gasteiger partial charge in [-0.25, -0.2) is 0 Å². The van der Waals surface area contributed by atoms with Crippen LogP contribution < -0.4 is 5.32 Å². The third-order valence-corrected chi connectivity index (χ3v) is 4.38. The number of ether oxygens (including phenoxy) is 1. The maximum absolute atomic E-state index is 5.30. The normalized spacial score (nSPS) is 34.1. The van der Waals surface area contributed by atoms with Crippen LogP contribution in [0.5, 0.6) is 0 Å². The minimum atomic E-state index is 0.427. The van der Waals surface area contributed by atoms with E-state index in [1.807, 2.05) is 0 Å². The molecule has 1 N–H and O–H groups in total. The molecule has 2 heteroatoms. The zero-order chi connectivity index (χ0) is 11.4. The molecule has 0 spiro atoms. The van der Waals surface area contributed by atoms with Crippen LogP contribution in [0.25, 0.3) is 0 Å². The molecule has 94 valence electrons. The van der Waals surface area contributed by atoms with Gasteiger partial charge in [0.1, 0.15) is 0 Å². The lowest BCUT2D eigenvalue weighted by Gasteiger charge is -2.39. The first-order chi connectivity index (χ1) is 7.72. The van der Waals surface area contributed by atoms with Gasteiger partial charge in [0.15, 0.2) is 0 Å². The molecule has 1 aliphatic carbocycles. The summed E-state index contributed by atoms with van der Waals surface area (Å²) >= 11 is 0. The molecule has 1 aliphatic heterocycles. The fourth-order valence-electron chi connectivity index (χ4n) is 2.93. The quantitative estimate of drug-likeness (QED) is 0.743. The van der Waals surface area contributed by atoms with Crippen LogP contribution >= 0.6 is 0 Å². The summed E-state index contributed by atoms with van der Waals surface area (Å²) in [6.45, 7) is 7.71. The molecule has 1 heterocycles. The fraction of sp³-hybridized carbons (Fsp3) is 1.00. The van der Waals surface area contributed by atoms with Crippen LogP contribution in [0.4, 0.5) is 0 Å². The average molecular weight is 225 g/mol. The van der Waals surface area contributed by atoms with Gasteiger partial charge in [-0.1, -0.05) is 33.1 Å². The van der Waals surface area contributed by atoms with Gasteiger partial charge in [-0.05, 0) is 25.2 Å². The van der Waals surface area contributed by atoms with Crippen molar-refractivity contribution in [3.8, 4) is 0 Å². The Morgan fingerprint density at radius 3 is 2.62 bits per heavy atom. The molecule has 0 radical (unpaired) electrons. The molecular formula is C14H27NO. The molecule has 2 unspecified atom stereocenters. The Morgan fingerprint density at radius 2 is 2.00 bits per heavy atom. The monoisotopic (exact) mass is 225 g/mol. The number of nitrogens with one attached hydrogen (secondary N) is 1. The summed E-state index contributed by atoms with van der Waals surface area (Å²) in [4.78, 5) is 0. The highest BCUT2D eigenvalue weighted by Gasteiger charge is 2.33. The van der Waals surface area contributed by atoms with Gasteiger partial charge in [0, 0.05) is 18.0 Å². The Balaban J connectivity index is 1.69.